The summed E-state index contributed by atoms with van der Waals surface area (Å²) in [6.45, 7) is 2.14. The number of hydrogen-bond acceptors (Lipinski definition) is 2. The van der Waals surface area contributed by atoms with Crippen molar-refractivity contribution in [1.29, 1.82) is 0 Å². The van der Waals surface area contributed by atoms with Gasteiger partial charge in [-0.1, -0.05) is 25.5 Å². The Labute approximate surface area is 94.1 Å². The molecule has 0 amide bonds. The van der Waals surface area contributed by atoms with Gasteiger partial charge < -0.3 is 0 Å². The Morgan fingerprint density at radius 1 is 1.44 bits per heavy atom. The second kappa shape index (κ2) is 4.75. The highest BCUT2D eigenvalue weighted by molar-refractivity contribution is 5.55. The second-order valence-electron chi connectivity index (χ2n) is 3.66. The molecule has 0 N–H and O–H groups in total. The number of nitrogens with zero attached hydrogens (tertiary/aromatic N) is 2. The minimum absolute atomic E-state index is 0.0471. The molecule has 3 heteroatoms. The van der Waals surface area contributed by atoms with E-state index in [1.165, 1.54) is 16.7 Å². The molecule has 0 aliphatic heterocycles. The van der Waals surface area contributed by atoms with Crippen molar-refractivity contribution in [3.63, 3.8) is 0 Å². The molecule has 0 saturated carbocycles. The number of hydrogen-bond donors (Lipinski definition) is 0. The minimum atomic E-state index is -0.0471. The van der Waals surface area contributed by atoms with Crippen LogP contribution in [0.2, 0.25) is 0 Å². The van der Waals surface area contributed by atoms with Crippen molar-refractivity contribution in [3.05, 3.63) is 52.6 Å². The maximum absolute atomic E-state index is 11.5. The number of unbranched alkanes of at least 4 members (excludes halogenated alkanes) is 1. The van der Waals surface area contributed by atoms with E-state index in [2.05, 4.69) is 24.1 Å². The molecule has 0 aliphatic rings. The van der Waals surface area contributed by atoms with Crippen LogP contribution < -0.4 is 5.56 Å². The Bertz CT molecular complexity index is 569. The molecular formula is C13H14N2O. The average molecular weight is 214 g/mol. The average Bonchev–Trinajstić information content (AvgIpc) is 2.30. The zero-order chi connectivity index (χ0) is 11.4. The third-order valence-electron chi connectivity index (χ3n) is 2.39. The first kappa shape index (κ1) is 10.6. The van der Waals surface area contributed by atoms with Crippen molar-refractivity contribution in [3.8, 4) is 0 Å². The number of aromatic nitrogens is 2. The Kier molecular flexibility index (Phi) is 3.15. The summed E-state index contributed by atoms with van der Waals surface area (Å²) in [6, 6.07) is 5.29. The fourth-order valence-electron chi connectivity index (χ4n) is 1.54. The van der Waals surface area contributed by atoms with Crippen LogP contribution in [0.3, 0.4) is 0 Å². The van der Waals surface area contributed by atoms with E-state index < -0.39 is 0 Å². The minimum Gasteiger partial charge on any atom is -0.269 e. The fraction of sp³-hybridized carbons (Fsp3) is 0.231. The van der Waals surface area contributed by atoms with Gasteiger partial charge in [0.1, 0.15) is 5.65 Å². The van der Waals surface area contributed by atoms with Crippen LogP contribution in [0.25, 0.3) is 11.7 Å². The molecule has 0 bridgehead atoms. The summed E-state index contributed by atoms with van der Waals surface area (Å²) in [6.07, 6.45) is 9.70. The van der Waals surface area contributed by atoms with E-state index in [0.717, 1.165) is 18.4 Å². The highest BCUT2D eigenvalue weighted by Crippen LogP contribution is 2.06. The van der Waals surface area contributed by atoms with Crippen LogP contribution in [-0.2, 0) is 0 Å². The molecule has 3 nitrogen and oxygen atoms in total. The zero-order valence-electron chi connectivity index (χ0n) is 9.26. The lowest BCUT2D eigenvalue weighted by Gasteiger charge is -1.99. The first-order valence-corrected chi connectivity index (χ1v) is 5.45. The van der Waals surface area contributed by atoms with Crippen molar-refractivity contribution < 1.29 is 0 Å². The number of pyridine rings is 1. The largest absolute Gasteiger partial charge is 0.269 e. The third-order valence-corrected chi connectivity index (χ3v) is 2.39. The van der Waals surface area contributed by atoms with Crippen LogP contribution in [0.1, 0.15) is 25.3 Å². The van der Waals surface area contributed by atoms with Gasteiger partial charge in [0.15, 0.2) is 0 Å². The molecule has 2 aromatic rings. The van der Waals surface area contributed by atoms with Gasteiger partial charge in [0.25, 0.3) is 5.56 Å². The van der Waals surface area contributed by atoms with Crippen LogP contribution in [0.4, 0.5) is 0 Å². The molecule has 82 valence electrons. The van der Waals surface area contributed by atoms with Crippen molar-refractivity contribution in [2.45, 2.75) is 19.8 Å². The molecule has 16 heavy (non-hydrogen) atoms. The van der Waals surface area contributed by atoms with Crippen LogP contribution in [0, 0.1) is 0 Å². The second-order valence-corrected chi connectivity index (χ2v) is 3.66. The van der Waals surface area contributed by atoms with Crippen molar-refractivity contribution >= 4 is 11.7 Å². The normalized spacial score (nSPS) is 11.3. The highest BCUT2D eigenvalue weighted by atomic mass is 16.1. The van der Waals surface area contributed by atoms with Crippen LogP contribution in [0.5, 0.6) is 0 Å². The van der Waals surface area contributed by atoms with Gasteiger partial charge in [0.05, 0.1) is 0 Å². The molecule has 0 atom stereocenters. The Morgan fingerprint density at radius 3 is 3.12 bits per heavy atom. The molecule has 0 aliphatic carbocycles. The molecule has 2 heterocycles. The summed E-state index contributed by atoms with van der Waals surface area (Å²) in [7, 11) is 0. The van der Waals surface area contributed by atoms with Crippen LogP contribution >= 0.6 is 0 Å². The lowest BCUT2D eigenvalue weighted by molar-refractivity contribution is 0.962. The van der Waals surface area contributed by atoms with E-state index >= 15 is 0 Å². The SMILES string of the molecule is CCC/C=C/c1ccn2c(=O)ccnc2c1. The summed E-state index contributed by atoms with van der Waals surface area (Å²) in [5.41, 5.74) is 1.71. The topological polar surface area (TPSA) is 34.4 Å². The van der Waals surface area contributed by atoms with E-state index in [-0.39, 0.29) is 5.56 Å². The standard InChI is InChI=1S/C13H14N2O/c1-2-3-4-5-11-7-9-15-12(10-11)14-8-6-13(15)16/h4-10H,2-3H2,1H3/b5-4+. The maximum atomic E-state index is 11.5. The predicted molar refractivity (Wildman–Crippen MR) is 65.4 cm³/mol. The van der Waals surface area contributed by atoms with Gasteiger partial charge in [0, 0.05) is 18.5 Å². The van der Waals surface area contributed by atoms with Crippen molar-refractivity contribution in [2.24, 2.45) is 0 Å². The van der Waals surface area contributed by atoms with Gasteiger partial charge in [-0.3, -0.25) is 9.20 Å². The molecule has 0 aromatic carbocycles. The fourth-order valence-corrected chi connectivity index (χ4v) is 1.54. The molecular weight excluding hydrogens is 200 g/mol. The van der Waals surface area contributed by atoms with E-state index in [1.54, 1.807) is 6.20 Å². The molecule has 0 radical (unpaired) electrons. The molecule has 0 saturated heterocycles. The quantitative estimate of drug-likeness (QED) is 0.786. The van der Waals surface area contributed by atoms with Crippen molar-refractivity contribution in [1.82, 2.24) is 9.38 Å². The lowest BCUT2D eigenvalue weighted by atomic mass is 10.2. The Balaban J connectivity index is 2.41. The van der Waals surface area contributed by atoms with Gasteiger partial charge in [-0.05, 0) is 24.1 Å². The van der Waals surface area contributed by atoms with Gasteiger partial charge in [-0.15, -0.1) is 0 Å². The van der Waals surface area contributed by atoms with Crippen LogP contribution in [0.15, 0.2) is 41.5 Å². The molecule has 0 fully saturated rings. The summed E-state index contributed by atoms with van der Waals surface area (Å²) >= 11 is 0. The Morgan fingerprint density at radius 2 is 2.31 bits per heavy atom. The Hall–Kier alpha value is -1.90. The number of rotatable bonds is 3. The van der Waals surface area contributed by atoms with E-state index in [9.17, 15) is 4.79 Å². The van der Waals surface area contributed by atoms with E-state index in [1.807, 2.05) is 12.1 Å². The highest BCUT2D eigenvalue weighted by Gasteiger charge is 1.95. The molecule has 0 unspecified atom stereocenters. The molecule has 2 rings (SSSR count). The zero-order valence-corrected chi connectivity index (χ0v) is 9.26. The number of fused-ring (bicyclic) bond motifs is 1. The summed E-state index contributed by atoms with van der Waals surface area (Å²) in [4.78, 5) is 15.6. The number of allylic oxidation sites excluding steroid dienone is 1. The summed E-state index contributed by atoms with van der Waals surface area (Å²) in [5.74, 6) is 0. The monoisotopic (exact) mass is 214 g/mol. The van der Waals surface area contributed by atoms with Crippen LogP contribution in [-0.4, -0.2) is 9.38 Å². The third kappa shape index (κ3) is 2.19. The van der Waals surface area contributed by atoms with Gasteiger partial charge in [-0.2, -0.15) is 0 Å². The predicted octanol–water partition coefficient (Wildman–Crippen LogP) is 2.51. The first-order valence-electron chi connectivity index (χ1n) is 5.45. The lowest BCUT2D eigenvalue weighted by Crippen LogP contribution is -2.12. The summed E-state index contributed by atoms with van der Waals surface area (Å²) < 4.78 is 1.54. The smallest absolute Gasteiger partial charge is 0.257 e. The van der Waals surface area contributed by atoms with E-state index in [4.69, 9.17) is 0 Å². The van der Waals surface area contributed by atoms with E-state index in [0.29, 0.717) is 5.65 Å². The first-order chi connectivity index (χ1) is 7.81. The molecule has 0 spiro atoms. The van der Waals surface area contributed by atoms with Gasteiger partial charge >= 0.3 is 0 Å². The summed E-state index contributed by atoms with van der Waals surface area (Å²) in [5, 5.41) is 0. The van der Waals surface area contributed by atoms with Gasteiger partial charge in [-0.25, -0.2) is 4.98 Å². The van der Waals surface area contributed by atoms with Gasteiger partial charge in [0.2, 0.25) is 0 Å². The molecule has 2 aromatic heterocycles. The maximum Gasteiger partial charge on any atom is 0.257 e. The van der Waals surface area contributed by atoms with Crippen molar-refractivity contribution in [2.75, 3.05) is 0 Å².